The quantitative estimate of drug-likeness (QED) is 0.682. The lowest BCUT2D eigenvalue weighted by molar-refractivity contribution is -0.325. The summed E-state index contributed by atoms with van der Waals surface area (Å²) in [6.45, 7) is -0.940. The highest BCUT2D eigenvalue weighted by Crippen LogP contribution is 2.32. The third-order valence-electron chi connectivity index (χ3n) is 1.66. The first-order valence-corrected chi connectivity index (χ1v) is 5.13. The van der Waals surface area contributed by atoms with E-state index in [1.807, 2.05) is 0 Å². The molecule has 0 radical (unpaired) electrons. The van der Waals surface area contributed by atoms with E-state index in [1.54, 1.807) is 0 Å². The van der Waals surface area contributed by atoms with E-state index in [1.165, 1.54) is 12.1 Å². The molecule has 0 aliphatic rings. The van der Waals surface area contributed by atoms with Gasteiger partial charge in [0.15, 0.2) is 0 Å². The van der Waals surface area contributed by atoms with Crippen molar-refractivity contribution < 1.29 is 22.6 Å². The lowest BCUT2D eigenvalue weighted by atomic mass is 10.3. The van der Waals surface area contributed by atoms with Crippen LogP contribution in [0.2, 0.25) is 10.0 Å². The minimum Gasteiger partial charge on any atom is -0.489 e. The maximum absolute atomic E-state index is 11.6. The van der Waals surface area contributed by atoms with E-state index >= 15 is 0 Å². The molecule has 0 aliphatic heterocycles. The van der Waals surface area contributed by atoms with Crippen LogP contribution in [0.5, 0.6) is 5.75 Å². The molecule has 0 aromatic heterocycles. The number of hydrogen-bond donors (Lipinski definition) is 1. The van der Waals surface area contributed by atoms with E-state index in [-0.39, 0.29) is 28.1 Å². The fraction of sp³-hybridized carbons (Fsp3) is 0.333. The van der Waals surface area contributed by atoms with Crippen LogP contribution in [0.4, 0.5) is 18.9 Å². The first-order chi connectivity index (χ1) is 7.79. The Morgan fingerprint density at radius 1 is 1.12 bits per heavy atom. The fourth-order valence-corrected chi connectivity index (χ4v) is 1.30. The molecule has 17 heavy (non-hydrogen) atoms. The van der Waals surface area contributed by atoms with Crippen molar-refractivity contribution in [1.82, 2.24) is 0 Å². The number of nitrogens with two attached hydrogens (primary N) is 1. The van der Waals surface area contributed by atoms with Gasteiger partial charge in [0.05, 0.1) is 22.3 Å². The van der Waals surface area contributed by atoms with Gasteiger partial charge < -0.3 is 10.5 Å². The Kier molecular flexibility index (Phi) is 4.73. The average molecular weight is 290 g/mol. The van der Waals surface area contributed by atoms with Crippen molar-refractivity contribution in [3.63, 3.8) is 0 Å². The van der Waals surface area contributed by atoms with Crippen molar-refractivity contribution >= 4 is 28.9 Å². The number of rotatable bonds is 4. The van der Waals surface area contributed by atoms with Crippen LogP contribution in [0.1, 0.15) is 0 Å². The largest absolute Gasteiger partial charge is 0.522 e. The maximum Gasteiger partial charge on any atom is 0.522 e. The van der Waals surface area contributed by atoms with Gasteiger partial charge in [-0.15, -0.1) is 13.2 Å². The van der Waals surface area contributed by atoms with Crippen molar-refractivity contribution in [2.45, 2.75) is 6.36 Å². The predicted molar refractivity (Wildman–Crippen MR) is 58.4 cm³/mol. The van der Waals surface area contributed by atoms with Gasteiger partial charge in [0, 0.05) is 6.07 Å². The van der Waals surface area contributed by atoms with Crippen LogP contribution in [0.3, 0.4) is 0 Å². The molecule has 0 fully saturated rings. The van der Waals surface area contributed by atoms with Gasteiger partial charge in [-0.25, -0.2) is 0 Å². The number of nitrogen functional groups attached to an aromatic ring is 1. The van der Waals surface area contributed by atoms with Gasteiger partial charge in [-0.2, -0.15) is 0 Å². The second-order valence-electron chi connectivity index (χ2n) is 2.95. The van der Waals surface area contributed by atoms with E-state index in [2.05, 4.69) is 4.74 Å². The number of ether oxygens (including phenoxy) is 2. The Labute approximate surface area is 105 Å². The summed E-state index contributed by atoms with van der Waals surface area (Å²) in [6, 6.07) is 2.68. The Hall–Kier alpha value is -0.850. The summed E-state index contributed by atoms with van der Waals surface area (Å²) in [5.74, 6) is 0.158. The summed E-state index contributed by atoms with van der Waals surface area (Å²) in [7, 11) is 0. The molecule has 1 aromatic rings. The summed E-state index contributed by atoms with van der Waals surface area (Å²) < 4.78 is 43.4. The van der Waals surface area contributed by atoms with Crippen LogP contribution >= 0.6 is 23.2 Å². The van der Waals surface area contributed by atoms with Crippen molar-refractivity contribution in [3.8, 4) is 5.75 Å². The molecule has 0 bridgehead atoms. The molecule has 0 atom stereocenters. The Balaban J connectivity index is 2.50. The smallest absolute Gasteiger partial charge is 0.489 e. The molecular formula is C9H8Cl2F3NO2. The zero-order chi connectivity index (χ0) is 13.1. The van der Waals surface area contributed by atoms with Gasteiger partial charge in [-0.1, -0.05) is 23.2 Å². The third-order valence-corrected chi connectivity index (χ3v) is 2.38. The summed E-state index contributed by atoms with van der Waals surface area (Å²) in [6.07, 6.45) is -4.67. The summed E-state index contributed by atoms with van der Waals surface area (Å²) >= 11 is 11.4. The first-order valence-electron chi connectivity index (χ1n) is 4.37. The SMILES string of the molecule is Nc1cc(Cl)c(Cl)cc1OCCOC(F)(F)F. The first kappa shape index (κ1) is 14.2. The number of halogens is 5. The van der Waals surface area contributed by atoms with Crippen LogP contribution in [0.15, 0.2) is 12.1 Å². The molecule has 96 valence electrons. The molecule has 2 N–H and O–H groups in total. The lowest BCUT2D eigenvalue weighted by Gasteiger charge is -2.11. The van der Waals surface area contributed by atoms with Gasteiger partial charge in [-0.3, -0.25) is 4.74 Å². The van der Waals surface area contributed by atoms with Crippen molar-refractivity contribution in [2.24, 2.45) is 0 Å². The van der Waals surface area contributed by atoms with Gasteiger partial charge >= 0.3 is 6.36 Å². The monoisotopic (exact) mass is 289 g/mol. The minimum atomic E-state index is -4.67. The number of anilines is 1. The van der Waals surface area contributed by atoms with E-state index in [9.17, 15) is 13.2 Å². The highest BCUT2D eigenvalue weighted by atomic mass is 35.5. The molecule has 1 rings (SSSR count). The van der Waals surface area contributed by atoms with E-state index in [0.717, 1.165) is 0 Å². The molecule has 0 saturated carbocycles. The Bertz CT molecular complexity index is 399. The highest BCUT2D eigenvalue weighted by molar-refractivity contribution is 6.42. The summed E-state index contributed by atoms with van der Waals surface area (Å²) in [5, 5.41) is 0.440. The zero-order valence-electron chi connectivity index (χ0n) is 8.35. The minimum absolute atomic E-state index is 0.158. The van der Waals surface area contributed by atoms with Crippen LogP contribution in [-0.4, -0.2) is 19.6 Å². The molecule has 0 amide bonds. The predicted octanol–water partition coefficient (Wildman–Crippen LogP) is 3.49. The van der Waals surface area contributed by atoms with Crippen LogP contribution in [0, 0.1) is 0 Å². The topological polar surface area (TPSA) is 44.5 Å². The Morgan fingerprint density at radius 2 is 1.71 bits per heavy atom. The molecule has 0 saturated heterocycles. The molecule has 3 nitrogen and oxygen atoms in total. The normalized spacial score (nSPS) is 11.6. The maximum atomic E-state index is 11.6. The highest BCUT2D eigenvalue weighted by Gasteiger charge is 2.28. The zero-order valence-corrected chi connectivity index (χ0v) is 9.86. The molecule has 8 heteroatoms. The average Bonchev–Trinajstić information content (AvgIpc) is 2.18. The van der Waals surface area contributed by atoms with Crippen molar-refractivity contribution in [1.29, 1.82) is 0 Å². The summed E-state index contributed by atoms with van der Waals surface area (Å²) in [5.41, 5.74) is 5.71. The van der Waals surface area contributed by atoms with Crippen LogP contribution in [-0.2, 0) is 4.74 Å². The molecule has 0 spiro atoms. The van der Waals surface area contributed by atoms with E-state index in [4.69, 9.17) is 33.7 Å². The van der Waals surface area contributed by atoms with E-state index in [0.29, 0.717) is 0 Å². The van der Waals surface area contributed by atoms with Crippen LogP contribution < -0.4 is 10.5 Å². The van der Waals surface area contributed by atoms with Gasteiger partial charge in [0.25, 0.3) is 0 Å². The van der Waals surface area contributed by atoms with Crippen molar-refractivity contribution in [2.75, 3.05) is 18.9 Å². The number of hydrogen-bond acceptors (Lipinski definition) is 3. The van der Waals surface area contributed by atoms with Gasteiger partial charge in [0.2, 0.25) is 0 Å². The van der Waals surface area contributed by atoms with E-state index < -0.39 is 13.0 Å². The molecule has 0 unspecified atom stereocenters. The fourth-order valence-electron chi connectivity index (χ4n) is 0.978. The number of benzene rings is 1. The third kappa shape index (κ3) is 4.89. The molecule has 0 heterocycles. The summed E-state index contributed by atoms with van der Waals surface area (Å²) in [4.78, 5) is 0. The molecular weight excluding hydrogens is 282 g/mol. The van der Waals surface area contributed by atoms with Gasteiger partial charge in [-0.05, 0) is 6.07 Å². The van der Waals surface area contributed by atoms with Gasteiger partial charge in [0.1, 0.15) is 12.4 Å². The Morgan fingerprint density at radius 3 is 2.29 bits per heavy atom. The molecule has 1 aromatic carbocycles. The second kappa shape index (κ2) is 5.66. The molecule has 0 aliphatic carbocycles. The second-order valence-corrected chi connectivity index (χ2v) is 3.76. The number of alkyl halides is 3. The lowest BCUT2D eigenvalue weighted by Crippen LogP contribution is -2.18. The van der Waals surface area contributed by atoms with Crippen LogP contribution in [0.25, 0.3) is 0 Å². The standard InChI is InChI=1S/C9H8Cl2F3NO2/c10-5-3-7(15)8(4-6(5)11)16-1-2-17-9(12,13)14/h3-4H,1-2,15H2. The van der Waals surface area contributed by atoms with Crippen molar-refractivity contribution in [3.05, 3.63) is 22.2 Å².